The lowest BCUT2D eigenvalue weighted by atomic mass is 10.1. The summed E-state index contributed by atoms with van der Waals surface area (Å²) in [4.78, 5) is 17.0. The Morgan fingerprint density at radius 2 is 2.12 bits per heavy atom. The van der Waals surface area contributed by atoms with Crippen molar-refractivity contribution < 1.29 is 4.74 Å². The van der Waals surface area contributed by atoms with Crippen molar-refractivity contribution in [2.45, 2.75) is 19.2 Å². The third kappa shape index (κ3) is 3.77. The zero-order chi connectivity index (χ0) is 17.9. The van der Waals surface area contributed by atoms with Gasteiger partial charge in [0, 0.05) is 49.7 Å². The molecule has 6 heteroatoms. The van der Waals surface area contributed by atoms with Gasteiger partial charge in [-0.05, 0) is 31.8 Å². The Bertz CT molecular complexity index is 870. The van der Waals surface area contributed by atoms with E-state index in [-0.39, 0.29) is 6.10 Å². The average Bonchev–Trinajstić information content (AvgIpc) is 3.10. The summed E-state index contributed by atoms with van der Waals surface area (Å²) < 4.78 is 5.98. The molecule has 1 aromatic carbocycles. The fourth-order valence-corrected chi connectivity index (χ4v) is 3.51. The van der Waals surface area contributed by atoms with Gasteiger partial charge in [-0.3, -0.25) is 9.88 Å². The van der Waals surface area contributed by atoms with Gasteiger partial charge in [0.25, 0.3) is 0 Å². The molecule has 0 spiro atoms. The van der Waals surface area contributed by atoms with Crippen LogP contribution in [-0.2, 0) is 17.8 Å². The molecule has 0 unspecified atom stereocenters. The molecule has 0 aliphatic carbocycles. The fraction of sp³-hybridized carbons (Fsp3) is 0.400. The minimum atomic E-state index is -0.00670. The molecule has 136 valence electrons. The summed E-state index contributed by atoms with van der Waals surface area (Å²) in [6, 6.07) is 10.4. The second kappa shape index (κ2) is 7.53. The van der Waals surface area contributed by atoms with E-state index in [9.17, 15) is 0 Å². The molecule has 1 atom stereocenters. The Balaban J connectivity index is 1.47. The summed E-state index contributed by atoms with van der Waals surface area (Å²) in [7, 11) is 4.11. The molecule has 3 aromatic rings. The largest absolute Gasteiger partial charge is 0.368 e. The van der Waals surface area contributed by atoms with Gasteiger partial charge in [0.2, 0.25) is 0 Å². The van der Waals surface area contributed by atoms with E-state index in [1.807, 2.05) is 18.5 Å². The van der Waals surface area contributed by atoms with Crippen LogP contribution in [0.2, 0.25) is 0 Å². The molecule has 3 heterocycles. The number of morpholine rings is 1. The Labute approximate surface area is 153 Å². The number of aromatic nitrogens is 3. The molecule has 26 heavy (non-hydrogen) atoms. The zero-order valence-corrected chi connectivity index (χ0v) is 15.4. The van der Waals surface area contributed by atoms with E-state index in [2.05, 4.69) is 63.1 Å². The van der Waals surface area contributed by atoms with Crippen LogP contribution in [0.5, 0.6) is 0 Å². The lowest BCUT2D eigenvalue weighted by molar-refractivity contribution is -0.0367. The highest BCUT2D eigenvalue weighted by Gasteiger charge is 2.24. The van der Waals surface area contributed by atoms with E-state index in [4.69, 9.17) is 4.74 Å². The van der Waals surface area contributed by atoms with Crippen molar-refractivity contribution in [3.05, 3.63) is 59.8 Å². The number of aromatic amines is 1. The van der Waals surface area contributed by atoms with Gasteiger partial charge < -0.3 is 14.6 Å². The highest BCUT2D eigenvalue weighted by molar-refractivity contribution is 5.81. The van der Waals surface area contributed by atoms with E-state index in [1.165, 1.54) is 10.9 Å². The minimum Gasteiger partial charge on any atom is -0.368 e. The molecule has 1 saturated heterocycles. The molecule has 0 radical (unpaired) electrons. The first-order valence-electron chi connectivity index (χ1n) is 9.04. The Morgan fingerprint density at radius 3 is 3.00 bits per heavy atom. The van der Waals surface area contributed by atoms with Crippen molar-refractivity contribution in [3.63, 3.8) is 0 Å². The number of pyridine rings is 1. The summed E-state index contributed by atoms with van der Waals surface area (Å²) in [6.45, 7) is 4.24. The molecule has 1 N–H and O–H groups in total. The molecule has 2 aromatic heterocycles. The van der Waals surface area contributed by atoms with E-state index >= 15 is 0 Å². The lowest BCUT2D eigenvalue weighted by Crippen LogP contribution is -2.38. The van der Waals surface area contributed by atoms with Crippen LogP contribution >= 0.6 is 0 Å². The number of nitrogens with zero attached hydrogens (tertiary/aromatic N) is 4. The number of rotatable bonds is 5. The highest BCUT2D eigenvalue weighted by atomic mass is 16.5. The van der Waals surface area contributed by atoms with E-state index in [0.29, 0.717) is 0 Å². The molecule has 0 amide bonds. The van der Waals surface area contributed by atoms with E-state index < -0.39 is 0 Å². The molecular weight excluding hydrogens is 326 g/mol. The van der Waals surface area contributed by atoms with Gasteiger partial charge in [-0.2, -0.15) is 0 Å². The fourth-order valence-electron chi connectivity index (χ4n) is 3.51. The van der Waals surface area contributed by atoms with Crippen LogP contribution in [-0.4, -0.2) is 58.5 Å². The SMILES string of the molecule is CN(C)Cc1cnc([C@@H]2CN(Cc3ccnc4ccccc34)CCO2)[nH]1. The molecule has 4 rings (SSSR count). The quantitative estimate of drug-likeness (QED) is 0.766. The number of imidazole rings is 1. The third-order valence-corrected chi connectivity index (χ3v) is 4.72. The number of para-hydroxylation sites is 1. The van der Waals surface area contributed by atoms with Gasteiger partial charge in [0.1, 0.15) is 11.9 Å². The predicted molar refractivity (Wildman–Crippen MR) is 102 cm³/mol. The first-order chi connectivity index (χ1) is 12.7. The number of ether oxygens (including phenoxy) is 1. The van der Waals surface area contributed by atoms with Crippen LogP contribution in [0.3, 0.4) is 0 Å². The van der Waals surface area contributed by atoms with Gasteiger partial charge >= 0.3 is 0 Å². The van der Waals surface area contributed by atoms with Crippen LogP contribution in [0.25, 0.3) is 10.9 Å². The number of benzene rings is 1. The molecule has 1 fully saturated rings. The number of hydrogen-bond donors (Lipinski definition) is 1. The maximum atomic E-state index is 5.98. The first kappa shape index (κ1) is 17.1. The second-order valence-electron chi connectivity index (χ2n) is 7.11. The van der Waals surface area contributed by atoms with Crippen LogP contribution in [0.4, 0.5) is 0 Å². The molecule has 0 bridgehead atoms. The van der Waals surface area contributed by atoms with E-state index in [0.717, 1.165) is 49.8 Å². The van der Waals surface area contributed by atoms with Crippen molar-refractivity contribution in [2.75, 3.05) is 33.8 Å². The third-order valence-electron chi connectivity index (χ3n) is 4.72. The van der Waals surface area contributed by atoms with Gasteiger partial charge in [-0.25, -0.2) is 4.98 Å². The summed E-state index contributed by atoms with van der Waals surface area (Å²) in [5.41, 5.74) is 3.48. The van der Waals surface area contributed by atoms with Gasteiger partial charge in [-0.15, -0.1) is 0 Å². The second-order valence-corrected chi connectivity index (χ2v) is 7.11. The summed E-state index contributed by atoms with van der Waals surface area (Å²) in [5, 5.41) is 1.23. The number of nitrogens with one attached hydrogen (secondary N) is 1. The van der Waals surface area contributed by atoms with Gasteiger partial charge in [-0.1, -0.05) is 18.2 Å². The summed E-state index contributed by atoms with van der Waals surface area (Å²) in [5.74, 6) is 0.922. The van der Waals surface area contributed by atoms with Crippen LogP contribution < -0.4 is 0 Å². The Morgan fingerprint density at radius 1 is 1.23 bits per heavy atom. The zero-order valence-electron chi connectivity index (χ0n) is 15.4. The number of H-pyrrole nitrogens is 1. The van der Waals surface area contributed by atoms with Gasteiger partial charge in [0.15, 0.2) is 0 Å². The topological polar surface area (TPSA) is 57.3 Å². The van der Waals surface area contributed by atoms with Crippen molar-refractivity contribution in [1.82, 2.24) is 24.8 Å². The Hall–Kier alpha value is -2.28. The van der Waals surface area contributed by atoms with Crippen molar-refractivity contribution in [3.8, 4) is 0 Å². The first-order valence-corrected chi connectivity index (χ1v) is 9.04. The molecule has 1 aliphatic rings. The van der Waals surface area contributed by atoms with Crippen molar-refractivity contribution >= 4 is 10.9 Å². The summed E-state index contributed by atoms with van der Waals surface area (Å²) >= 11 is 0. The minimum absolute atomic E-state index is 0.00670. The van der Waals surface area contributed by atoms with Crippen molar-refractivity contribution in [2.24, 2.45) is 0 Å². The predicted octanol–water partition coefficient (Wildman–Crippen LogP) is 2.59. The van der Waals surface area contributed by atoms with Crippen molar-refractivity contribution in [1.29, 1.82) is 0 Å². The number of fused-ring (bicyclic) bond motifs is 1. The molecule has 6 nitrogen and oxygen atoms in total. The highest BCUT2D eigenvalue weighted by Crippen LogP contribution is 2.23. The van der Waals surface area contributed by atoms with Gasteiger partial charge in [0.05, 0.1) is 12.1 Å². The Kier molecular flexibility index (Phi) is 4.97. The van der Waals surface area contributed by atoms with Crippen LogP contribution in [0.15, 0.2) is 42.7 Å². The monoisotopic (exact) mass is 351 g/mol. The maximum absolute atomic E-state index is 5.98. The maximum Gasteiger partial charge on any atom is 0.136 e. The van der Waals surface area contributed by atoms with E-state index in [1.54, 1.807) is 0 Å². The van der Waals surface area contributed by atoms with Crippen LogP contribution in [0.1, 0.15) is 23.2 Å². The average molecular weight is 351 g/mol. The lowest BCUT2D eigenvalue weighted by Gasteiger charge is -2.32. The molecule has 0 saturated carbocycles. The normalized spacial score (nSPS) is 18.7. The smallest absolute Gasteiger partial charge is 0.136 e. The molecular formula is C20H25N5O. The standard InChI is InChI=1S/C20H25N5O/c1-24(2)13-16-11-22-20(23-16)19-14-25(9-10-26-19)12-15-7-8-21-18-6-4-3-5-17(15)18/h3-8,11,19H,9-10,12-14H2,1-2H3,(H,22,23)/t19-/m0/s1. The summed E-state index contributed by atoms with van der Waals surface area (Å²) in [6.07, 6.45) is 3.80. The van der Waals surface area contributed by atoms with Crippen LogP contribution in [0, 0.1) is 0 Å². The molecule has 1 aliphatic heterocycles. The number of hydrogen-bond acceptors (Lipinski definition) is 5.